The highest BCUT2D eigenvalue weighted by Gasteiger charge is 2.44. The highest BCUT2D eigenvalue weighted by Crippen LogP contribution is 2.44. The number of benzene rings is 1. The normalized spacial score (nSPS) is 24.9. The van der Waals surface area contributed by atoms with E-state index in [0.717, 1.165) is 30.3 Å². The van der Waals surface area contributed by atoms with Crippen molar-refractivity contribution in [3.8, 4) is 0 Å². The highest BCUT2D eigenvalue weighted by molar-refractivity contribution is 7.09. The molecule has 0 unspecified atom stereocenters. The Morgan fingerprint density at radius 2 is 2.05 bits per heavy atom. The van der Waals surface area contributed by atoms with Crippen LogP contribution < -0.4 is 5.32 Å². The first-order chi connectivity index (χ1) is 10.1. The zero-order chi connectivity index (χ0) is 14.9. The van der Waals surface area contributed by atoms with Gasteiger partial charge in [-0.1, -0.05) is 44.2 Å². The van der Waals surface area contributed by atoms with Crippen molar-refractivity contribution in [2.24, 2.45) is 0 Å². The van der Waals surface area contributed by atoms with Crippen LogP contribution in [0.25, 0.3) is 0 Å². The number of nitrogens with zero attached hydrogens (tertiary/aromatic N) is 2. The van der Waals surface area contributed by atoms with Gasteiger partial charge in [0.2, 0.25) is 5.13 Å². The van der Waals surface area contributed by atoms with Gasteiger partial charge in [0.05, 0.1) is 6.10 Å². The molecule has 2 N–H and O–H groups in total. The molecule has 4 nitrogen and oxygen atoms in total. The van der Waals surface area contributed by atoms with Crippen LogP contribution in [0.2, 0.25) is 0 Å². The van der Waals surface area contributed by atoms with Gasteiger partial charge >= 0.3 is 0 Å². The molecule has 1 fully saturated rings. The summed E-state index contributed by atoms with van der Waals surface area (Å²) in [6, 6.07) is 10.4. The van der Waals surface area contributed by atoms with Crippen molar-refractivity contribution in [2.45, 2.75) is 44.1 Å². The Morgan fingerprint density at radius 3 is 2.62 bits per heavy atom. The molecule has 0 saturated heterocycles. The Bertz CT molecular complexity index is 591. The van der Waals surface area contributed by atoms with Crippen LogP contribution in [0.15, 0.2) is 30.3 Å². The largest absolute Gasteiger partial charge is 0.393 e. The molecule has 2 aromatic rings. The standard InChI is InChI=1S/C16H21N3OS/c1-11(2)14-18-15(21-19-14)17-10-16(8-13(20)9-16)12-6-4-3-5-7-12/h3-7,11,13,20H,8-10H2,1-2H3,(H,17,18,19). The van der Waals surface area contributed by atoms with E-state index in [1.54, 1.807) is 0 Å². The number of rotatable bonds is 5. The fourth-order valence-corrected chi connectivity index (χ4v) is 3.60. The maximum atomic E-state index is 9.77. The van der Waals surface area contributed by atoms with Crippen LogP contribution in [0, 0.1) is 0 Å². The van der Waals surface area contributed by atoms with Crippen LogP contribution in [-0.2, 0) is 5.41 Å². The predicted octanol–water partition coefficient (Wildman–Crippen LogP) is 3.17. The van der Waals surface area contributed by atoms with E-state index >= 15 is 0 Å². The highest BCUT2D eigenvalue weighted by atomic mass is 32.1. The minimum atomic E-state index is -0.187. The molecule has 1 heterocycles. The lowest BCUT2D eigenvalue weighted by Gasteiger charge is -2.46. The van der Waals surface area contributed by atoms with Gasteiger partial charge in [0.1, 0.15) is 5.82 Å². The van der Waals surface area contributed by atoms with Crippen molar-refractivity contribution >= 4 is 16.7 Å². The zero-order valence-corrected chi connectivity index (χ0v) is 13.2. The van der Waals surface area contributed by atoms with Crippen molar-refractivity contribution in [3.63, 3.8) is 0 Å². The zero-order valence-electron chi connectivity index (χ0n) is 12.4. The van der Waals surface area contributed by atoms with Gasteiger partial charge in [0, 0.05) is 29.4 Å². The predicted molar refractivity (Wildman–Crippen MR) is 85.8 cm³/mol. The van der Waals surface area contributed by atoms with Crippen LogP contribution >= 0.6 is 11.5 Å². The summed E-state index contributed by atoms with van der Waals surface area (Å²) in [6.07, 6.45) is 1.42. The Hall–Kier alpha value is -1.46. The lowest BCUT2D eigenvalue weighted by molar-refractivity contribution is 0.0242. The molecule has 0 aliphatic heterocycles. The first-order valence-electron chi connectivity index (χ1n) is 7.40. The summed E-state index contributed by atoms with van der Waals surface area (Å²) in [5, 5.41) is 14.1. The number of aliphatic hydroxyl groups is 1. The minimum Gasteiger partial charge on any atom is -0.393 e. The van der Waals surface area contributed by atoms with E-state index in [2.05, 4.69) is 52.8 Å². The maximum Gasteiger partial charge on any atom is 0.202 e. The second kappa shape index (κ2) is 5.73. The van der Waals surface area contributed by atoms with Gasteiger partial charge in [-0.15, -0.1) is 0 Å². The van der Waals surface area contributed by atoms with Crippen molar-refractivity contribution in [1.82, 2.24) is 9.36 Å². The van der Waals surface area contributed by atoms with E-state index in [1.807, 2.05) is 6.07 Å². The van der Waals surface area contributed by atoms with Gasteiger partial charge in [-0.05, 0) is 18.4 Å². The van der Waals surface area contributed by atoms with Crippen molar-refractivity contribution in [1.29, 1.82) is 0 Å². The Kier molecular flexibility index (Phi) is 3.95. The average Bonchev–Trinajstić information content (AvgIpc) is 2.92. The Morgan fingerprint density at radius 1 is 1.33 bits per heavy atom. The number of nitrogens with one attached hydrogen (secondary N) is 1. The van der Waals surface area contributed by atoms with E-state index in [9.17, 15) is 5.11 Å². The lowest BCUT2D eigenvalue weighted by Crippen LogP contribution is -2.49. The molecule has 1 aromatic heterocycles. The first kappa shape index (κ1) is 14.5. The average molecular weight is 303 g/mol. The van der Waals surface area contributed by atoms with Crippen LogP contribution in [0.5, 0.6) is 0 Å². The number of anilines is 1. The van der Waals surface area contributed by atoms with E-state index < -0.39 is 0 Å². The van der Waals surface area contributed by atoms with E-state index in [-0.39, 0.29) is 11.5 Å². The quantitative estimate of drug-likeness (QED) is 0.891. The van der Waals surface area contributed by atoms with Crippen LogP contribution in [0.1, 0.15) is 44.0 Å². The minimum absolute atomic E-state index is 0.0182. The molecule has 0 radical (unpaired) electrons. The summed E-state index contributed by atoms with van der Waals surface area (Å²) in [6.45, 7) is 4.99. The van der Waals surface area contributed by atoms with Crippen LogP contribution in [-0.4, -0.2) is 27.1 Å². The molecule has 1 aliphatic rings. The van der Waals surface area contributed by atoms with Crippen LogP contribution in [0.4, 0.5) is 5.13 Å². The van der Waals surface area contributed by atoms with E-state index in [1.165, 1.54) is 17.1 Å². The topological polar surface area (TPSA) is 58.0 Å². The second-order valence-corrected chi connectivity index (χ2v) is 6.93. The van der Waals surface area contributed by atoms with Crippen molar-refractivity contribution in [3.05, 3.63) is 41.7 Å². The Labute approximate surface area is 129 Å². The molecular weight excluding hydrogens is 282 g/mol. The third-order valence-corrected chi connectivity index (χ3v) is 4.86. The molecule has 0 atom stereocenters. The summed E-state index contributed by atoms with van der Waals surface area (Å²) >= 11 is 1.41. The van der Waals surface area contributed by atoms with Gasteiger partial charge in [0.25, 0.3) is 0 Å². The van der Waals surface area contributed by atoms with Gasteiger partial charge in [-0.3, -0.25) is 0 Å². The molecular formula is C16H21N3OS. The molecule has 0 spiro atoms. The summed E-state index contributed by atoms with van der Waals surface area (Å²) in [7, 11) is 0. The molecule has 0 amide bonds. The first-order valence-corrected chi connectivity index (χ1v) is 8.17. The van der Waals surface area contributed by atoms with Gasteiger partial charge in [-0.2, -0.15) is 4.37 Å². The SMILES string of the molecule is CC(C)c1nsc(NCC2(c3ccccc3)CC(O)C2)n1. The number of aromatic nitrogens is 2. The fourth-order valence-electron chi connectivity index (χ4n) is 2.90. The van der Waals surface area contributed by atoms with Crippen LogP contribution in [0.3, 0.4) is 0 Å². The number of hydrogen-bond acceptors (Lipinski definition) is 5. The smallest absolute Gasteiger partial charge is 0.202 e. The van der Waals surface area contributed by atoms with Gasteiger partial charge < -0.3 is 10.4 Å². The Balaban J connectivity index is 1.71. The molecule has 5 heteroatoms. The van der Waals surface area contributed by atoms with Crippen molar-refractivity contribution < 1.29 is 5.11 Å². The van der Waals surface area contributed by atoms with E-state index in [0.29, 0.717) is 5.92 Å². The van der Waals surface area contributed by atoms with E-state index in [4.69, 9.17) is 0 Å². The number of hydrogen-bond donors (Lipinski definition) is 2. The summed E-state index contributed by atoms with van der Waals surface area (Å²) in [4.78, 5) is 4.52. The molecule has 1 saturated carbocycles. The monoisotopic (exact) mass is 303 g/mol. The van der Waals surface area contributed by atoms with Gasteiger partial charge in [0.15, 0.2) is 0 Å². The van der Waals surface area contributed by atoms with Crippen molar-refractivity contribution in [2.75, 3.05) is 11.9 Å². The third-order valence-electron chi connectivity index (χ3n) is 4.18. The molecule has 21 heavy (non-hydrogen) atoms. The summed E-state index contributed by atoms with van der Waals surface area (Å²) < 4.78 is 4.37. The lowest BCUT2D eigenvalue weighted by atomic mass is 9.62. The second-order valence-electron chi connectivity index (χ2n) is 6.17. The number of aliphatic hydroxyl groups excluding tert-OH is 1. The maximum absolute atomic E-state index is 9.77. The summed E-state index contributed by atoms with van der Waals surface area (Å²) in [5.41, 5.74) is 1.31. The molecule has 1 aliphatic carbocycles. The molecule has 1 aromatic carbocycles. The third kappa shape index (κ3) is 2.94. The summed E-state index contributed by atoms with van der Waals surface area (Å²) in [5.74, 6) is 1.25. The fraction of sp³-hybridized carbons (Fsp3) is 0.500. The molecule has 3 rings (SSSR count). The molecule has 0 bridgehead atoms. The molecule has 112 valence electrons. The van der Waals surface area contributed by atoms with Gasteiger partial charge in [-0.25, -0.2) is 4.98 Å².